The Balaban J connectivity index is 5.39. The predicted octanol–water partition coefficient (Wildman–Crippen LogP) is 1.63. The van der Waals surface area contributed by atoms with E-state index in [4.69, 9.17) is 36.7 Å². The molecule has 0 aromatic heterocycles. The first kappa shape index (κ1) is 24.9. The van der Waals surface area contributed by atoms with E-state index in [-0.39, 0.29) is 24.4 Å². The Kier molecular flexibility index (Phi) is 14.0. The molecule has 0 bridgehead atoms. The van der Waals surface area contributed by atoms with Crippen molar-refractivity contribution in [3.8, 4) is 0 Å². The van der Waals surface area contributed by atoms with E-state index in [1.54, 1.807) is 28.4 Å². The maximum absolute atomic E-state index is 6.11. The first-order chi connectivity index (χ1) is 11.8. The molecule has 0 saturated heterocycles. The van der Waals surface area contributed by atoms with Crippen LogP contribution in [0.2, 0.25) is 0 Å². The summed E-state index contributed by atoms with van der Waals surface area (Å²) in [5, 5.41) is 0. The summed E-state index contributed by atoms with van der Waals surface area (Å²) in [6.07, 6.45) is -1.07. The van der Waals surface area contributed by atoms with Crippen LogP contribution < -0.4 is 0 Å². The Hall–Kier alpha value is -0.103. The zero-order valence-corrected chi connectivity index (χ0v) is 17.9. The average molecular weight is 385 g/mol. The Morgan fingerprint density at radius 1 is 0.480 bits per heavy atom. The van der Waals surface area contributed by atoms with Gasteiger partial charge in [0.15, 0.2) is 0 Å². The summed E-state index contributed by atoms with van der Waals surface area (Å²) in [6, 6.07) is 0. The van der Waals surface area contributed by atoms with Crippen LogP contribution in [0.1, 0.15) is 27.7 Å². The highest BCUT2D eigenvalue weighted by Gasteiger charge is 2.51. The van der Waals surface area contributed by atoms with Crippen LogP contribution in [0.5, 0.6) is 0 Å². The van der Waals surface area contributed by atoms with E-state index in [2.05, 4.69) is 0 Å². The van der Waals surface area contributed by atoms with Gasteiger partial charge in [-0.25, -0.2) is 0 Å². The quantitative estimate of drug-likeness (QED) is 0.372. The monoisotopic (exact) mass is 384 g/mol. The van der Waals surface area contributed by atoms with Gasteiger partial charge >= 0.3 is 9.05 Å². The van der Waals surface area contributed by atoms with Gasteiger partial charge < -0.3 is 36.7 Å². The average Bonchev–Trinajstić information content (AvgIpc) is 2.47. The van der Waals surface area contributed by atoms with Crippen LogP contribution in [0.15, 0.2) is 0 Å². The Bertz CT molecular complexity index is 259. The lowest BCUT2D eigenvalue weighted by Crippen LogP contribution is -2.57. The van der Waals surface area contributed by atoms with Gasteiger partial charge in [-0.1, -0.05) is 0 Å². The summed E-state index contributed by atoms with van der Waals surface area (Å²) in [5.41, 5.74) is 0. The molecule has 9 heteroatoms. The summed E-state index contributed by atoms with van der Waals surface area (Å²) < 4.78 is 45.1. The third-order valence-electron chi connectivity index (χ3n) is 2.99. The third kappa shape index (κ3) is 11.3. The van der Waals surface area contributed by atoms with Gasteiger partial charge in [0.05, 0.1) is 50.8 Å². The summed E-state index contributed by atoms with van der Waals surface area (Å²) in [6.45, 7) is 9.08. The van der Waals surface area contributed by atoms with E-state index in [1.165, 1.54) is 0 Å². The molecule has 0 aromatic carbocycles. The predicted molar refractivity (Wildman–Crippen MR) is 95.4 cm³/mol. The van der Waals surface area contributed by atoms with Crippen LogP contribution in [0.25, 0.3) is 0 Å². The minimum Gasteiger partial charge on any atom is -0.382 e. The van der Waals surface area contributed by atoms with Crippen molar-refractivity contribution in [3.05, 3.63) is 0 Å². The number of methoxy groups -OCH3 is 4. The van der Waals surface area contributed by atoms with Crippen molar-refractivity contribution in [1.29, 1.82) is 0 Å². The van der Waals surface area contributed by atoms with Gasteiger partial charge in [-0.3, -0.25) is 0 Å². The molecule has 0 aliphatic rings. The largest absolute Gasteiger partial charge is 0.680 e. The van der Waals surface area contributed by atoms with Gasteiger partial charge in [0.25, 0.3) is 0 Å². The van der Waals surface area contributed by atoms with Crippen molar-refractivity contribution in [1.82, 2.24) is 0 Å². The lowest BCUT2D eigenvalue weighted by molar-refractivity contribution is -0.122. The summed E-state index contributed by atoms with van der Waals surface area (Å²) in [5.74, 6) is 0. The molecule has 0 N–H and O–H groups in total. The molecule has 0 fully saturated rings. The number of hydrogen-bond donors (Lipinski definition) is 0. The topological polar surface area (TPSA) is 73.8 Å². The first-order valence-electron chi connectivity index (χ1n) is 8.49. The van der Waals surface area contributed by atoms with Gasteiger partial charge in [0.2, 0.25) is 0 Å². The van der Waals surface area contributed by atoms with Crippen molar-refractivity contribution >= 4 is 9.05 Å². The van der Waals surface area contributed by atoms with Crippen LogP contribution in [-0.4, -0.2) is 88.3 Å². The van der Waals surface area contributed by atoms with Gasteiger partial charge in [-0.15, -0.1) is 0 Å². The number of hydrogen-bond acceptors (Lipinski definition) is 8. The summed E-state index contributed by atoms with van der Waals surface area (Å²) >= 11 is 0. The fourth-order valence-corrected chi connectivity index (χ4v) is 4.80. The molecule has 0 aliphatic carbocycles. The van der Waals surface area contributed by atoms with Gasteiger partial charge in [0.1, 0.15) is 0 Å². The Morgan fingerprint density at radius 3 is 0.840 bits per heavy atom. The first-order valence-corrected chi connectivity index (χ1v) is 10.1. The molecule has 0 rings (SSSR count). The van der Waals surface area contributed by atoms with E-state index < -0.39 is 9.05 Å². The van der Waals surface area contributed by atoms with Crippen molar-refractivity contribution in [2.45, 2.75) is 52.1 Å². The van der Waals surface area contributed by atoms with Crippen LogP contribution in [-0.2, 0) is 36.7 Å². The van der Waals surface area contributed by atoms with Gasteiger partial charge in [-0.2, -0.15) is 0 Å². The lowest BCUT2D eigenvalue weighted by Gasteiger charge is -2.36. The number of rotatable bonds is 16. The van der Waals surface area contributed by atoms with Crippen LogP contribution in [0.4, 0.5) is 0 Å². The maximum atomic E-state index is 6.11. The van der Waals surface area contributed by atoms with Crippen LogP contribution in [0, 0.1) is 0 Å². The SMILES string of the molecule is COC[C@@H](C)O[Si](O[C@H](C)COC)(O[C@H](C)COC)O[C@@H](C)COC. The molecule has 152 valence electrons. The smallest absolute Gasteiger partial charge is 0.382 e. The molecular weight excluding hydrogens is 348 g/mol. The molecule has 4 atom stereocenters. The molecule has 0 saturated carbocycles. The van der Waals surface area contributed by atoms with Crippen molar-refractivity contribution < 1.29 is 36.7 Å². The molecule has 0 aliphatic heterocycles. The fourth-order valence-electron chi connectivity index (χ4n) is 2.23. The second-order valence-electron chi connectivity index (χ2n) is 6.04. The van der Waals surface area contributed by atoms with Crippen molar-refractivity contribution in [2.75, 3.05) is 54.9 Å². The van der Waals surface area contributed by atoms with E-state index in [1.807, 2.05) is 27.7 Å². The summed E-state index contributed by atoms with van der Waals surface area (Å²) in [4.78, 5) is 0. The highest BCUT2D eigenvalue weighted by atomic mass is 28.4. The number of ether oxygens (including phenoxy) is 4. The van der Waals surface area contributed by atoms with E-state index in [9.17, 15) is 0 Å². The molecule has 0 spiro atoms. The Morgan fingerprint density at radius 2 is 0.680 bits per heavy atom. The van der Waals surface area contributed by atoms with Gasteiger partial charge in [0, 0.05) is 28.4 Å². The van der Waals surface area contributed by atoms with Crippen LogP contribution >= 0.6 is 0 Å². The van der Waals surface area contributed by atoms with Crippen LogP contribution in [0.3, 0.4) is 0 Å². The highest BCUT2D eigenvalue weighted by Crippen LogP contribution is 2.21. The second kappa shape index (κ2) is 14.0. The highest BCUT2D eigenvalue weighted by molar-refractivity contribution is 6.53. The molecule has 0 unspecified atom stereocenters. The fraction of sp³-hybridized carbons (Fsp3) is 1.00. The maximum Gasteiger partial charge on any atom is 0.680 e. The van der Waals surface area contributed by atoms with E-state index in [0.29, 0.717) is 26.4 Å². The van der Waals surface area contributed by atoms with Crippen molar-refractivity contribution in [2.24, 2.45) is 0 Å². The molecule has 8 nitrogen and oxygen atoms in total. The normalized spacial score (nSPS) is 17.3. The summed E-state index contributed by atoms with van der Waals surface area (Å²) in [7, 11) is 2.93. The minimum atomic E-state index is -3.52. The zero-order chi connectivity index (χ0) is 19.3. The second-order valence-corrected chi connectivity index (χ2v) is 7.98. The molecular formula is C16H36O8Si. The molecule has 25 heavy (non-hydrogen) atoms. The lowest BCUT2D eigenvalue weighted by atomic mass is 10.4. The van der Waals surface area contributed by atoms with E-state index in [0.717, 1.165) is 0 Å². The van der Waals surface area contributed by atoms with Crippen molar-refractivity contribution in [3.63, 3.8) is 0 Å². The Labute approximate surface area is 153 Å². The standard InChI is InChI=1S/C16H36O8Si/c1-13(9-17-5)21-25(22-14(2)10-18-6,23-15(3)11-19-7)24-16(4)12-20-8/h13-16H,9-12H2,1-8H3/t13-,14-,15-,16+/m1/s1. The van der Waals surface area contributed by atoms with E-state index >= 15 is 0 Å². The van der Waals surface area contributed by atoms with Gasteiger partial charge in [-0.05, 0) is 27.7 Å². The molecule has 0 radical (unpaired) electrons. The molecule has 0 amide bonds. The third-order valence-corrected chi connectivity index (χ3v) is 5.75. The minimum absolute atomic E-state index is 0.268. The molecule has 0 heterocycles. The zero-order valence-electron chi connectivity index (χ0n) is 16.9. The molecule has 0 aromatic rings.